The maximum Gasteiger partial charge on any atom is 0.410 e. The first kappa shape index (κ1) is 13.4. The number of carbonyl (C=O) groups is 2. The molecule has 0 unspecified atom stereocenters. The summed E-state index contributed by atoms with van der Waals surface area (Å²) >= 11 is 0. The number of nitrogens with zero attached hydrogens (tertiary/aromatic N) is 1. The van der Waals surface area contributed by atoms with Crippen molar-refractivity contribution in [2.45, 2.75) is 19.6 Å². The molecule has 1 aromatic carbocycles. The maximum atomic E-state index is 11.8. The molecule has 0 saturated carbocycles. The van der Waals surface area contributed by atoms with Crippen molar-refractivity contribution in [3.8, 4) is 0 Å². The number of benzene rings is 1. The summed E-state index contributed by atoms with van der Waals surface area (Å²) in [5.74, 6) is -0.613. The van der Waals surface area contributed by atoms with E-state index < -0.39 is 0 Å². The molecule has 1 heterocycles. The highest BCUT2D eigenvalue weighted by Gasteiger charge is 2.46. The van der Waals surface area contributed by atoms with Gasteiger partial charge in [-0.3, -0.25) is 4.79 Å². The molecule has 0 bridgehead atoms. The van der Waals surface area contributed by atoms with E-state index in [9.17, 15) is 9.59 Å². The summed E-state index contributed by atoms with van der Waals surface area (Å²) in [6.07, 6.45) is -0.385. The third-order valence-electron chi connectivity index (χ3n) is 3.24. The van der Waals surface area contributed by atoms with Crippen molar-refractivity contribution in [3.05, 3.63) is 35.9 Å². The van der Waals surface area contributed by atoms with Crippen molar-refractivity contribution in [1.29, 1.82) is 0 Å². The lowest BCUT2D eigenvalue weighted by molar-refractivity contribution is -0.145. The van der Waals surface area contributed by atoms with E-state index in [0.29, 0.717) is 6.54 Å². The molecule has 0 N–H and O–H groups in total. The van der Waals surface area contributed by atoms with Crippen LogP contribution in [-0.4, -0.2) is 36.7 Å². The zero-order valence-electron chi connectivity index (χ0n) is 11.0. The van der Waals surface area contributed by atoms with E-state index in [4.69, 9.17) is 4.74 Å². The molecule has 0 spiro atoms. The molecular weight excluding hydrogens is 246 g/mol. The molecule has 1 fully saturated rings. The minimum Gasteiger partial charge on any atom is -0.469 e. The van der Waals surface area contributed by atoms with Crippen LogP contribution in [0.25, 0.3) is 0 Å². The van der Waals surface area contributed by atoms with Gasteiger partial charge in [-0.2, -0.15) is 0 Å². The Morgan fingerprint density at radius 1 is 1.37 bits per heavy atom. The number of ether oxygens (including phenoxy) is 2. The van der Waals surface area contributed by atoms with Crippen LogP contribution < -0.4 is 0 Å². The average molecular weight is 263 g/mol. The van der Waals surface area contributed by atoms with Crippen molar-refractivity contribution >= 4 is 12.1 Å². The van der Waals surface area contributed by atoms with Crippen LogP contribution in [0.3, 0.4) is 0 Å². The van der Waals surface area contributed by atoms with Crippen LogP contribution >= 0.6 is 0 Å². The highest BCUT2D eigenvalue weighted by Crippen LogP contribution is 2.27. The summed E-state index contributed by atoms with van der Waals surface area (Å²) in [6, 6.07) is 9.37. The van der Waals surface area contributed by atoms with Crippen LogP contribution in [-0.2, 0) is 20.9 Å². The number of carbonyl (C=O) groups excluding carboxylic acids is 2. The Balaban J connectivity index is 1.79. The number of hydrogen-bond acceptors (Lipinski definition) is 4. The molecule has 1 aliphatic rings. The van der Waals surface area contributed by atoms with E-state index in [1.165, 1.54) is 12.0 Å². The van der Waals surface area contributed by atoms with Gasteiger partial charge < -0.3 is 14.4 Å². The molecule has 2 rings (SSSR count). The molecule has 0 radical (unpaired) electrons. The quantitative estimate of drug-likeness (QED) is 0.614. The van der Waals surface area contributed by atoms with Crippen molar-refractivity contribution in [3.63, 3.8) is 0 Å². The summed E-state index contributed by atoms with van der Waals surface area (Å²) < 4.78 is 9.83. The first-order valence-electron chi connectivity index (χ1n) is 6.18. The lowest BCUT2D eigenvalue weighted by Gasteiger charge is -2.10. The molecule has 1 aliphatic heterocycles. The van der Waals surface area contributed by atoms with Crippen LogP contribution in [0.2, 0.25) is 0 Å². The van der Waals surface area contributed by atoms with Gasteiger partial charge in [0.25, 0.3) is 0 Å². The predicted octanol–water partition coefficient (Wildman–Crippen LogP) is 1.82. The Morgan fingerprint density at radius 3 is 2.68 bits per heavy atom. The van der Waals surface area contributed by atoms with E-state index in [0.717, 1.165) is 5.56 Å². The van der Waals surface area contributed by atoms with Gasteiger partial charge >= 0.3 is 12.1 Å². The first-order valence-corrected chi connectivity index (χ1v) is 6.18. The van der Waals surface area contributed by atoms with Crippen molar-refractivity contribution in [2.75, 3.05) is 13.7 Å². The van der Waals surface area contributed by atoms with Gasteiger partial charge in [-0.1, -0.05) is 30.3 Å². The number of esters is 1. The Kier molecular flexibility index (Phi) is 4.04. The molecule has 2 atom stereocenters. The SMILES string of the molecule is COC(=O)[C@H](C)[C@H]1CN1C(=O)OCc1ccccc1. The smallest absolute Gasteiger partial charge is 0.410 e. The summed E-state index contributed by atoms with van der Waals surface area (Å²) in [4.78, 5) is 24.6. The van der Waals surface area contributed by atoms with Crippen LogP contribution in [0.1, 0.15) is 12.5 Å². The fourth-order valence-electron chi connectivity index (χ4n) is 1.94. The highest BCUT2D eigenvalue weighted by atomic mass is 16.6. The Morgan fingerprint density at radius 2 is 2.05 bits per heavy atom. The minimum absolute atomic E-state index is 0.101. The monoisotopic (exact) mass is 263 g/mol. The van der Waals surface area contributed by atoms with E-state index in [1.807, 2.05) is 30.3 Å². The van der Waals surface area contributed by atoms with Gasteiger partial charge in [0.05, 0.1) is 19.1 Å². The zero-order chi connectivity index (χ0) is 13.8. The fourth-order valence-corrected chi connectivity index (χ4v) is 1.94. The summed E-state index contributed by atoms with van der Waals surface area (Å²) in [7, 11) is 1.35. The Labute approximate surface area is 112 Å². The largest absolute Gasteiger partial charge is 0.469 e. The Hall–Kier alpha value is -2.04. The van der Waals surface area contributed by atoms with Crippen LogP contribution in [0.4, 0.5) is 4.79 Å². The normalized spacial score (nSPS) is 18.6. The zero-order valence-corrected chi connectivity index (χ0v) is 11.0. The maximum absolute atomic E-state index is 11.8. The predicted molar refractivity (Wildman–Crippen MR) is 68.3 cm³/mol. The molecule has 0 aliphatic carbocycles. The van der Waals surface area contributed by atoms with Gasteiger partial charge in [-0.05, 0) is 12.5 Å². The number of rotatable bonds is 4. The Bertz CT molecular complexity index is 460. The van der Waals surface area contributed by atoms with E-state index in [-0.39, 0.29) is 30.6 Å². The van der Waals surface area contributed by atoms with E-state index in [1.54, 1.807) is 6.92 Å². The molecule has 5 heteroatoms. The van der Waals surface area contributed by atoms with Crippen molar-refractivity contribution in [1.82, 2.24) is 4.90 Å². The molecular formula is C14H17NO4. The molecule has 1 aromatic rings. The molecule has 0 aromatic heterocycles. The summed E-state index contributed by atoms with van der Waals surface area (Å²) in [6.45, 7) is 2.54. The lowest BCUT2D eigenvalue weighted by atomic mass is 10.1. The van der Waals surface area contributed by atoms with E-state index in [2.05, 4.69) is 4.74 Å². The molecule has 5 nitrogen and oxygen atoms in total. The van der Waals surface area contributed by atoms with Gasteiger partial charge in [0.15, 0.2) is 0 Å². The van der Waals surface area contributed by atoms with Crippen LogP contribution in [0, 0.1) is 5.92 Å². The average Bonchev–Trinajstić information content (AvgIpc) is 3.24. The second-order valence-electron chi connectivity index (χ2n) is 4.57. The fraction of sp³-hybridized carbons (Fsp3) is 0.429. The second-order valence-corrected chi connectivity index (χ2v) is 4.57. The standard InChI is InChI=1S/C14H17NO4/c1-10(13(16)18-2)12-8-15(12)14(17)19-9-11-6-4-3-5-7-11/h3-7,10,12H,8-9H2,1-2H3/t10-,12-,15?/m1/s1. The third kappa shape index (κ3) is 3.24. The van der Waals surface area contributed by atoms with E-state index >= 15 is 0 Å². The molecule has 19 heavy (non-hydrogen) atoms. The summed E-state index contributed by atoms with van der Waals surface area (Å²) in [5.41, 5.74) is 0.940. The molecule has 1 saturated heterocycles. The minimum atomic E-state index is -0.385. The van der Waals surface area contributed by atoms with Crippen molar-refractivity contribution < 1.29 is 19.1 Å². The number of amides is 1. The lowest BCUT2D eigenvalue weighted by Crippen LogP contribution is -2.24. The van der Waals surface area contributed by atoms with Crippen LogP contribution in [0.15, 0.2) is 30.3 Å². The van der Waals surface area contributed by atoms with Crippen LogP contribution in [0.5, 0.6) is 0 Å². The molecule has 102 valence electrons. The summed E-state index contributed by atoms with van der Waals surface area (Å²) in [5, 5.41) is 0. The first-order chi connectivity index (χ1) is 9.13. The van der Waals surface area contributed by atoms with Gasteiger partial charge in [-0.25, -0.2) is 4.79 Å². The number of methoxy groups -OCH3 is 1. The third-order valence-corrected chi connectivity index (χ3v) is 3.24. The number of hydrogen-bond donors (Lipinski definition) is 0. The van der Waals surface area contributed by atoms with Gasteiger partial charge in [0.2, 0.25) is 0 Å². The highest BCUT2D eigenvalue weighted by molar-refractivity contribution is 5.77. The topological polar surface area (TPSA) is 55.6 Å². The molecule has 1 amide bonds. The second kappa shape index (κ2) is 5.73. The van der Waals surface area contributed by atoms with Crippen molar-refractivity contribution in [2.24, 2.45) is 5.92 Å². The van der Waals surface area contributed by atoms with Gasteiger partial charge in [0, 0.05) is 6.54 Å². The van der Waals surface area contributed by atoms with Gasteiger partial charge in [0.1, 0.15) is 6.61 Å². The van der Waals surface area contributed by atoms with Gasteiger partial charge in [-0.15, -0.1) is 0 Å².